The molecule has 5 nitrogen and oxygen atoms in total. The highest BCUT2D eigenvalue weighted by atomic mass is 35.5. The number of carbonyl (C=O) groups is 1. The third-order valence-electron chi connectivity index (χ3n) is 3.19. The molecule has 0 aliphatic rings. The molecular weight excluding hydrogens is 344 g/mol. The Kier molecular flexibility index (Phi) is 4.98. The van der Waals surface area contributed by atoms with Gasteiger partial charge in [-0.05, 0) is 25.1 Å². The molecule has 0 bridgehead atoms. The summed E-state index contributed by atoms with van der Waals surface area (Å²) < 4.78 is 0. The lowest BCUT2D eigenvalue weighted by molar-refractivity contribution is 0.0958. The van der Waals surface area contributed by atoms with Crippen molar-refractivity contribution in [2.45, 2.75) is 6.92 Å². The summed E-state index contributed by atoms with van der Waals surface area (Å²) in [6, 6.07) is 11.0. The van der Waals surface area contributed by atoms with Crippen LogP contribution in [0.2, 0.25) is 5.02 Å². The lowest BCUT2D eigenvalue weighted by Crippen LogP contribution is -2.17. The van der Waals surface area contributed by atoms with Crippen LogP contribution in [-0.4, -0.2) is 22.1 Å². The second-order valence-electron chi connectivity index (χ2n) is 4.90. The molecule has 0 unspecified atom stereocenters. The first-order valence-electron chi connectivity index (χ1n) is 7.11. The van der Waals surface area contributed by atoms with Crippen molar-refractivity contribution >= 4 is 35.1 Å². The fraction of sp³-hybridized carbons (Fsp3) is 0.0588. The number of benzene rings is 1. The number of nitrogens with zero attached hydrogens (tertiary/aromatic N) is 3. The number of hydrogen-bond acceptors (Lipinski definition) is 5. The van der Waals surface area contributed by atoms with Gasteiger partial charge in [-0.1, -0.05) is 29.8 Å². The number of nitrogens with one attached hydrogen (secondary N) is 1. The second kappa shape index (κ2) is 7.33. The van der Waals surface area contributed by atoms with E-state index in [1.807, 2.05) is 30.3 Å². The fourth-order valence-electron chi connectivity index (χ4n) is 2.01. The van der Waals surface area contributed by atoms with Crippen LogP contribution in [0.1, 0.15) is 20.9 Å². The van der Waals surface area contributed by atoms with Gasteiger partial charge in [0.1, 0.15) is 9.88 Å². The van der Waals surface area contributed by atoms with E-state index in [1.165, 1.54) is 17.6 Å². The molecule has 2 aromatic heterocycles. The van der Waals surface area contributed by atoms with Crippen LogP contribution < -0.4 is 5.43 Å². The van der Waals surface area contributed by atoms with Crippen molar-refractivity contribution in [3.8, 4) is 10.6 Å². The van der Waals surface area contributed by atoms with Crippen molar-refractivity contribution in [3.63, 3.8) is 0 Å². The molecule has 0 fully saturated rings. The summed E-state index contributed by atoms with van der Waals surface area (Å²) in [4.78, 5) is 21.3. The SMILES string of the molecule is Cc1nc(-c2cccnc2)sc1C(=O)N/N=C/c1ccccc1Cl. The van der Waals surface area contributed by atoms with Gasteiger partial charge in [0.2, 0.25) is 0 Å². The normalized spacial score (nSPS) is 10.9. The van der Waals surface area contributed by atoms with E-state index in [9.17, 15) is 4.79 Å². The number of rotatable bonds is 4. The highest BCUT2D eigenvalue weighted by molar-refractivity contribution is 7.17. The summed E-state index contributed by atoms with van der Waals surface area (Å²) in [6.45, 7) is 1.79. The number of hydrogen-bond donors (Lipinski definition) is 1. The third kappa shape index (κ3) is 3.67. The van der Waals surface area contributed by atoms with Crippen LogP contribution in [0.4, 0.5) is 0 Å². The molecule has 0 atom stereocenters. The van der Waals surface area contributed by atoms with Crippen LogP contribution in [0.3, 0.4) is 0 Å². The Hall–Kier alpha value is -2.57. The van der Waals surface area contributed by atoms with E-state index < -0.39 is 0 Å². The minimum Gasteiger partial charge on any atom is -0.266 e. The molecule has 120 valence electrons. The number of halogens is 1. The van der Waals surface area contributed by atoms with E-state index >= 15 is 0 Å². The molecule has 0 radical (unpaired) electrons. The van der Waals surface area contributed by atoms with Gasteiger partial charge in [-0.15, -0.1) is 11.3 Å². The van der Waals surface area contributed by atoms with E-state index in [0.29, 0.717) is 15.6 Å². The quantitative estimate of drug-likeness (QED) is 0.569. The van der Waals surface area contributed by atoms with Gasteiger partial charge >= 0.3 is 0 Å². The first kappa shape index (κ1) is 16.3. The Labute approximate surface area is 148 Å². The maximum atomic E-state index is 12.3. The number of aryl methyl sites for hydroxylation is 1. The molecule has 0 saturated carbocycles. The highest BCUT2D eigenvalue weighted by Gasteiger charge is 2.15. The van der Waals surface area contributed by atoms with Crippen molar-refractivity contribution in [2.75, 3.05) is 0 Å². The summed E-state index contributed by atoms with van der Waals surface area (Å²) in [5, 5.41) is 5.28. The Bertz CT molecular complexity index is 893. The first-order valence-corrected chi connectivity index (χ1v) is 8.30. The van der Waals surface area contributed by atoms with Crippen molar-refractivity contribution in [3.05, 3.63) is 69.9 Å². The third-order valence-corrected chi connectivity index (χ3v) is 4.74. The van der Waals surface area contributed by atoms with E-state index in [-0.39, 0.29) is 5.91 Å². The molecule has 7 heteroatoms. The Morgan fingerprint density at radius 3 is 2.88 bits per heavy atom. The Balaban J connectivity index is 1.74. The van der Waals surface area contributed by atoms with Gasteiger partial charge in [0, 0.05) is 28.5 Å². The van der Waals surface area contributed by atoms with Gasteiger partial charge < -0.3 is 0 Å². The van der Waals surface area contributed by atoms with Gasteiger partial charge in [0.05, 0.1) is 11.9 Å². The average Bonchev–Trinajstić information content (AvgIpc) is 2.99. The maximum absolute atomic E-state index is 12.3. The predicted octanol–water partition coefficient (Wildman–Crippen LogP) is 3.93. The minimum absolute atomic E-state index is 0.302. The summed E-state index contributed by atoms with van der Waals surface area (Å²) in [5.74, 6) is -0.302. The van der Waals surface area contributed by atoms with Gasteiger partial charge in [-0.2, -0.15) is 5.10 Å². The van der Waals surface area contributed by atoms with Crippen LogP contribution in [0.5, 0.6) is 0 Å². The molecule has 1 aromatic carbocycles. The highest BCUT2D eigenvalue weighted by Crippen LogP contribution is 2.27. The lowest BCUT2D eigenvalue weighted by Gasteiger charge is -1.98. The zero-order chi connectivity index (χ0) is 16.9. The summed E-state index contributed by atoms with van der Waals surface area (Å²) in [6.07, 6.45) is 4.93. The Morgan fingerprint density at radius 1 is 1.29 bits per heavy atom. The first-order chi connectivity index (χ1) is 11.6. The predicted molar refractivity (Wildman–Crippen MR) is 96.6 cm³/mol. The molecule has 24 heavy (non-hydrogen) atoms. The average molecular weight is 357 g/mol. The van der Waals surface area contributed by atoms with Crippen LogP contribution in [0.15, 0.2) is 53.9 Å². The molecular formula is C17H13ClN4OS. The van der Waals surface area contributed by atoms with Crippen molar-refractivity contribution in [1.82, 2.24) is 15.4 Å². The smallest absolute Gasteiger partial charge is 0.266 e. The van der Waals surface area contributed by atoms with Crippen molar-refractivity contribution in [2.24, 2.45) is 5.10 Å². The van der Waals surface area contributed by atoms with Gasteiger partial charge in [-0.3, -0.25) is 9.78 Å². The number of pyridine rings is 1. The molecule has 0 spiro atoms. The number of thiazole rings is 1. The fourth-order valence-corrected chi connectivity index (χ4v) is 3.14. The summed E-state index contributed by atoms with van der Waals surface area (Å²) in [7, 11) is 0. The largest absolute Gasteiger partial charge is 0.283 e. The molecule has 0 saturated heterocycles. The van der Waals surface area contributed by atoms with Gasteiger partial charge in [0.15, 0.2) is 0 Å². The number of carbonyl (C=O) groups excluding carboxylic acids is 1. The lowest BCUT2D eigenvalue weighted by atomic mass is 10.2. The summed E-state index contributed by atoms with van der Waals surface area (Å²) in [5.41, 5.74) is 4.78. The Morgan fingerprint density at radius 2 is 2.12 bits per heavy atom. The topological polar surface area (TPSA) is 67.2 Å². The number of amides is 1. The van der Waals surface area contributed by atoms with E-state index in [4.69, 9.17) is 11.6 Å². The molecule has 0 aliphatic carbocycles. The molecule has 0 aliphatic heterocycles. The zero-order valence-corrected chi connectivity index (χ0v) is 14.3. The number of aromatic nitrogens is 2. The molecule has 3 rings (SSSR count). The van der Waals surface area contributed by atoms with E-state index in [1.54, 1.807) is 25.4 Å². The van der Waals surface area contributed by atoms with E-state index in [0.717, 1.165) is 16.1 Å². The molecule has 3 aromatic rings. The van der Waals surface area contributed by atoms with E-state index in [2.05, 4.69) is 20.5 Å². The van der Waals surface area contributed by atoms with Crippen LogP contribution >= 0.6 is 22.9 Å². The molecule has 1 N–H and O–H groups in total. The minimum atomic E-state index is -0.302. The van der Waals surface area contributed by atoms with Crippen molar-refractivity contribution < 1.29 is 4.79 Å². The molecule has 1 amide bonds. The maximum Gasteiger partial charge on any atom is 0.283 e. The monoisotopic (exact) mass is 356 g/mol. The van der Waals surface area contributed by atoms with Crippen LogP contribution in [0, 0.1) is 6.92 Å². The summed E-state index contributed by atoms with van der Waals surface area (Å²) >= 11 is 7.34. The van der Waals surface area contributed by atoms with Crippen LogP contribution in [-0.2, 0) is 0 Å². The van der Waals surface area contributed by atoms with Gasteiger partial charge in [0.25, 0.3) is 5.91 Å². The van der Waals surface area contributed by atoms with Crippen LogP contribution in [0.25, 0.3) is 10.6 Å². The standard InChI is InChI=1S/C17H13ClN4OS/c1-11-15(24-17(21-11)13-6-4-8-19-9-13)16(23)22-20-10-12-5-2-3-7-14(12)18/h2-10H,1H3,(H,22,23)/b20-10+. The van der Waals surface area contributed by atoms with Gasteiger partial charge in [-0.25, -0.2) is 10.4 Å². The molecule has 2 heterocycles. The zero-order valence-electron chi connectivity index (χ0n) is 12.7. The second-order valence-corrected chi connectivity index (χ2v) is 6.30. The van der Waals surface area contributed by atoms with Crippen molar-refractivity contribution in [1.29, 1.82) is 0 Å². The number of hydrazone groups is 1.